The first-order valence-electron chi connectivity index (χ1n) is 4.33. The van der Waals surface area contributed by atoms with E-state index in [2.05, 4.69) is 31.7 Å². The minimum atomic E-state index is 0.725. The Balaban J connectivity index is 3.34. The number of hydrogen-bond donors (Lipinski definition) is 1. The van der Waals surface area contributed by atoms with Gasteiger partial charge in [-0.05, 0) is 38.8 Å². The van der Waals surface area contributed by atoms with Crippen LogP contribution in [0.3, 0.4) is 0 Å². The summed E-state index contributed by atoms with van der Waals surface area (Å²) in [5, 5.41) is 0. The lowest BCUT2D eigenvalue weighted by molar-refractivity contribution is 0.227. The molecule has 0 aliphatic carbocycles. The lowest BCUT2D eigenvalue weighted by atomic mass is 10.3. The van der Waals surface area contributed by atoms with Crippen LogP contribution in [-0.2, 0) is 4.18 Å². The van der Waals surface area contributed by atoms with Gasteiger partial charge < -0.3 is 9.08 Å². The van der Waals surface area contributed by atoms with Crippen molar-refractivity contribution in [3.63, 3.8) is 0 Å². The Morgan fingerprint density at radius 2 is 1.64 bits per heavy atom. The normalized spacial score (nSPS) is 10.9. The Hall–Kier alpha value is 0.270. The van der Waals surface area contributed by atoms with Gasteiger partial charge in [-0.25, -0.2) is 0 Å². The molecule has 0 fully saturated rings. The first kappa shape index (κ1) is 11.3. The van der Waals surface area contributed by atoms with Crippen LogP contribution in [0.1, 0.15) is 26.7 Å². The summed E-state index contributed by atoms with van der Waals surface area (Å²) in [6.07, 6.45) is 2.43. The summed E-state index contributed by atoms with van der Waals surface area (Å²) in [5.41, 5.74) is 0. The first-order chi connectivity index (χ1) is 5.35. The van der Waals surface area contributed by atoms with Gasteiger partial charge in [0.1, 0.15) is 0 Å². The fourth-order valence-corrected chi connectivity index (χ4v) is 1.22. The Morgan fingerprint density at radius 3 is 2.00 bits per heavy atom. The highest BCUT2D eigenvalue weighted by molar-refractivity contribution is 7.75. The average molecular weight is 177 g/mol. The van der Waals surface area contributed by atoms with Gasteiger partial charge in [-0.3, -0.25) is 0 Å². The summed E-state index contributed by atoms with van der Waals surface area (Å²) < 4.78 is 4.72. The van der Waals surface area contributed by atoms with Crippen molar-refractivity contribution in [2.24, 2.45) is 0 Å². The van der Waals surface area contributed by atoms with Crippen LogP contribution in [0.5, 0.6) is 0 Å². The van der Waals surface area contributed by atoms with Gasteiger partial charge in [-0.1, -0.05) is 13.8 Å². The summed E-state index contributed by atoms with van der Waals surface area (Å²) in [6.45, 7) is 8.47. The average Bonchev–Trinajstić information content (AvgIpc) is 2.01. The summed E-state index contributed by atoms with van der Waals surface area (Å²) in [5.74, 6) is 0. The van der Waals surface area contributed by atoms with Crippen LogP contribution in [0.15, 0.2) is 0 Å². The van der Waals surface area contributed by atoms with Gasteiger partial charge in [0.05, 0.1) is 6.61 Å². The molecule has 0 radical (unpaired) electrons. The van der Waals surface area contributed by atoms with E-state index in [4.69, 9.17) is 4.18 Å². The Bertz CT molecular complexity index is 74.5. The van der Waals surface area contributed by atoms with Gasteiger partial charge in [0.15, 0.2) is 0 Å². The van der Waals surface area contributed by atoms with E-state index in [1.54, 1.807) is 0 Å². The molecule has 0 aromatic heterocycles. The zero-order valence-corrected chi connectivity index (χ0v) is 8.44. The SMILES string of the molecule is CCCN(CCC)CCOS. The molecule has 0 aromatic carbocycles. The molecule has 11 heavy (non-hydrogen) atoms. The van der Waals surface area contributed by atoms with Gasteiger partial charge in [0.2, 0.25) is 0 Å². The Labute approximate surface area is 75.5 Å². The van der Waals surface area contributed by atoms with Gasteiger partial charge in [0, 0.05) is 6.54 Å². The van der Waals surface area contributed by atoms with Crippen LogP contribution in [0.2, 0.25) is 0 Å². The molecule has 0 atom stereocenters. The van der Waals surface area contributed by atoms with E-state index >= 15 is 0 Å². The largest absolute Gasteiger partial charge is 0.317 e. The lowest BCUT2D eigenvalue weighted by Gasteiger charge is -2.19. The van der Waals surface area contributed by atoms with E-state index in [9.17, 15) is 0 Å². The van der Waals surface area contributed by atoms with E-state index in [-0.39, 0.29) is 0 Å². The van der Waals surface area contributed by atoms with Gasteiger partial charge >= 0.3 is 0 Å². The van der Waals surface area contributed by atoms with Crippen LogP contribution in [0.25, 0.3) is 0 Å². The van der Waals surface area contributed by atoms with Crippen molar-refractivity contribution in [3.8, 4) is 0 Å². The summed E-state index contributed by atoms with van der Waals surface area (Å²) >= 11 is 3.70. The molecule has 0 aromatic rings. The van der Waals surface area contributed by atoms with Crippen molar-refractivity contribution in [2.75, 3.05) is 26.2 Å². The molecular weight excluding hydrogens is 158 g/mol. The van der Waals surface area contributed by atoms with Gasteiger partial charge in [0.25, 0.3) is 0 Å². The molecule has 0 unspecified atom stereocenters. The Kier molecular flexibility index (Phi) is 8.57. The summed E-state index contributed by atoms with van der Waals surface area (Å²) in [4.78, 5) is 2.40. The first-order valence-corrected chi connectivity index (χ1v) is 4.70. The minimum Gasteiger partial charge on any atom is -0.317 e. The van der Waals surface area contributed by atoms with E-state index in [1.165, 1.54) is 25.9 Å². The molecule has 0 heterocycles. The van der Waals surface area contributed by atoms with Crippen LogP contribution < -0.4 is 0 Å². The minimum absolute atomic E-state index is 0.725. The smallest absolute Gasteiger partial charge is 0.0737 e. The molecule has 0 saturated carbocycles. The summed E-state index contributed by atoms with van der Waals surface area (Å²) in [7, 11) is 0. The zero-order chi connectivity index (χ0) is 8.53. The Morgan fingerprint density at radius 1 is 1.09 bits per heavy atom. The third-order valence-corrected chi connectivity index (χ3v) is 1.76. The number of nitrogens with zero attached hydrogens (tertiary/aromatic N) is 1. The highest BCUT2D eigenvalue weighted by Crippen LogP contribution is 1.94. The maximum absolute atomic E-state index is 4.72. The molecule has 0 amide bonds. The third kappa shape index (κ3) is 6.66. The maximum Gasteiger partial charge on any atom is 0.0737 e. The van der Waals surface area contributed by atoms with Crippen molar-refractivity contribution >= 4 is 12.9 Å². The van der Waals surface area contributed by atoms with E-state index < -0.39 is 0 Å². The second kappa shape index (κ2) is 8.37. The molecule has 3 heteroatoms. The monoisotopic (exact) mass is 177 g/mol. The van der Waals surface area contributed by atoms with Crippen LogP contribution in [0, 0.1) is 0 Å². The third-order valence-electron chi connectivity index (χ3n) is 1.58. The standard InChI is InChI=1S/C8H19NOS/c1-3-5-9(6-4-2)7-8-10-11/h11H,3-8H2,1-2H3. The lowest BCUT2D eigenvalue weighted by Crippen LogP contribution is -2.28. The predicted molar refractivity (Wildman–Crippen MR) is 52.0 cm³/mol. The molecule has 0 saturated heterocycles. The zero-order valence-electron chi connectivity index (χ0n) is 7.55. The second-order valence-corrected chi connectivity index (χ2v) is 2.93. The van der Waals surface area contributed by atoms with Crippen molar-refractivity contribution < 1.29 is 4.18 Å². The van der Waals surface area contributed by atoms with E-state index in [1.807, 2.05) is 0 Å². The van der Waals surface area contributed by atoms with Crippen molar-refractivity contribution in [2.45, 2.75) is 26.7 Å². The molecule has 0 spiro atoms. The highest BCUT2D eigenvalue weighted by Gasteiger charge is 2.00. The number of thiol groups is 1. The predicted octanol–water partition coefficient (Wildman–Crippen LogP) is 1.97. The topological polar surface area (TPSA) is 12.5 Å². The number of rotatable bonds is 7. The van der Waals surface area contributed by atoms with Crippen molar-refractivity contribution in [1.82, 2.24) is 4.90 Å². The fourth-order valence-electron chi connectivity index (χ4n) is 1.14. The fraction of sp³-hybridized carbons (Fsp3) is 1.00. The second-order valence-electron chi connectivity index (χ2n) is 2.67. The van der Waals surface area contributed by atoms with Crippen molar-refractivity contribution in [1.29, 1.82) is 0 Å². The van der Waals surface area contributed by atoms with E-state index in [0.29, 0.717) is 0 Å². The molecule has 2 nitrogen and oxygen atoms in total. The van der Waals surface area contributed by atoms with Crippen molar-refractivity contribution in [3.05, 3.63) is 0 Å². The molecule has 0 bridgehead atoms. The van der Waals surface area contributed by atoms with E-state index in [0.717, 1.165) is 13.2 Å². The summed E-state index contributed by atoms with van der Waals surface area (Å²) in [6, 6.07) is 0. The molecular formula is C8H19NOS. The maximum atomic E-state index is 4.72. The molecule has 0 aliphatic heterocycles. The van der Waals surface area contributed by atoms with Crippen LogP contribution >= 0.6 is 12.9 Å². The molecule has 0 rings (SSSR count). The van der Waals surface area contributed by atoms with Gasteiger partial charge in [-0.15, -0.1) is 0 Å². The molecule has 0 N–H and O–H groups in total. The van der Waals surface area contributed by atoms with Crippen LogP contribution in [-0.4, -0.2) is 31.1 Å². The quantitative estimate of drug-likeness (QED) is 0.471. The van der Waals surface area contributed by atoms with Gasteiger partial charge in [-0.2, -0.15) is 0 Å². The number of hydrogen-bond acceptors (Lipinski definition) is 3. The molecule has 68 valence electrons. The molecule has 0 aliphatic rings. The van der Waals surface area contributed by atoms with Crippen LogP contribution in [0.4, 0.5) is 0 Å². The highest BCUT2D eigenvalue weighted by atomic mass is 32.1.